The van der Waals surface area contributed by atoms with Crippen molar-refractivity contribution in [2.75, 3.05) is 0 Å². The molecule has 0 saturated carbocycles. The maximum Gasteiger partial charge on any atom is -0.0313 e. The first-order valence-electron chi connectivity index (χ1n) is 4.32. The third kappa shape index (κ3) is 8.79. The number of allylic oxidation sites excluding steroid dienone is 4. The Hall–Kier alpha value is -1.30. The van der Waals surface area contributed by atoms with Gasteiger partial charge in [0.15, 0.2) is 0 Å². The van der Waals surface area contributed by atoms with Crippen molar-refractivity contribution < 1.29 is 0 Å². The van der Waals surface area contributed by atoms with Crippen LogP contribution in [0.3, 0.4) is 0 Å². The van der Waals surface area contributed by atoms with Crippen LogP contribution in [0.2, 0.25) is 0 Å². The average molecular weight is 190 g/mol. The Morgan fingerprint density at radius 2 is 0.786 bits per heavy atom. The fraction of sp³-hybridized carbons (Fsp3) is 0.286. The summed E-state index contributed by atoms with van der Waals surface area (Å²) in [6.45, 7) is 0. The minimum absolute atomic E-state index is 0. The largest absolute Gasteiger partial charge is 0.0842 e. The van der Waals surface area contributed by atoms with Gasteiger partial charge >= 0.3 is 0 Å². The van der Waals surface area contributed by atoms with Gasteiger partial charge in [-0.15, -0.1) is 0 Å². The maximum absolute atomic E-state index is 2.18. The third-order valence-corrected chi connectivity index (χ3v) is 1.55. The molecule has 0 nitrogen and oxygen atoms in total. The van der Waals surface area contributed by atoms with Crippen molar-refractivity contribution in [2.45, 2.75) is 27.7 Å². The van der Waals surface area contributed by atoms with Gasteiger partial charge in [0.2, 0.25) is 0 Å². The first kappa shape index (κ1) is 15.2. The van der Waals surface area contributed by atoms with E-state index in [1.54, 1.807) is 0 Å². The molecule has 0 heterocycles. The predicted octanol–water partition coefficient (Wildman–Crippen LogP) is 4.85. The highest BCUT2D eigenvalue weighted by atomic mass is 13.8. The van der Waals surface area contributed by atoms with Crippen LogP contribution in [0.15, 0.2) is 60.7 Å². The lowest BCUT2D eigenvalue weighted by molar-refractivity contribution is 1.04. The van der Waals surface area contributed by atoms with E-state index in [4.69, 9.17) is 0 Å². The van der Waals surface area contributed by atoms with Crippen LogP contribution < -0.4 is 0 Å². The Balaban J connectivity index is 0. The molecule has 0 aliphatic heterocycles. The molecular weight excluding hydrogens is 168 g/mol. The van der Waals surface area contributed by atoms with Crippen molar-refractivity contribution in [1.82, 2.24) is 0 Å². The molecule has 0 radical (unpaired) electrons. The summed E-state index contributed by atoms with van der Waals surface area (Å²) in [5.41, 5.74) is 0. The topological polar surface area (TPSA) is 0 Å². The maximum atomic E-state index is 2.18. The molecule has 0 N–H and O–H groups in total. The molecule has 0 amide bonds. The Labute approximate surface area is 89.0 Å². The van der Waals surface area contributed by atoms with Gasteiger partial charge in [0.25, 0.3) is 0 Å². The number of rotatable bonds is 0. The predicted molar refractivity (Wildman–Crippen MR) is 67.4 cm³/mol. The second-order valence-corrected chi connectivity index (χ2v) is 2.59. The van der Waals surface area contributed by atoms with E-state index in [0.717, 1.165) is 0 Å². The smallest absolute Gasteiger partial charge is 0.0313 e. The summed E-state index contributed by atoms with van der Waals surface area (Å²) in [6.07, 6.45) is 11.0. The van der Waals surface area contributed by atoms with Crippen LogP contribution in [0, 0.1) is 0 Å². The molecule has 0 atom stereocenters. The summed E-state index contributed by atoms with van der Waals surface area (Å²) in [5, 5.41) is 0. The summed E-state index contributed by atoms with van der Waals surface area (Å²) in [4.78, 5) is 0. The van der Waals surface area contributed by atoms with Crippen LogP contribution in [0.4, 0.5) is 0 Å². The molecule has 1 aliphatic carbocycles. The van der Waals surface area contributed by atoms with Crippen LogP contribution in [0.5, 0.6) is 0 Å². The zero-order valence-electron chi connectivity index (χ0n) is 7.19. The lowest BCUT2D eigenvalue weighted by Crippen LogP contribution is -1.67. The number of benzene rings is 1. The van der Waals surface area contributed by atoms with Crippen LogP contribution in [-0.4, -0.2) is 0 Å². The highest BCUT2D eigenvalue weighted by molar-refractivity contribution is 5.07. The van der Waals surface area contributed by atoms with E-state index in [-0.39, 0.29) is 14.9 Å². The quantitative estimate of drug-likeness (QED) is 0.548. The van der Waals surface area contributed by atoms with E-state index in [2.05, 4.69) is 24.3 Å². The Bertz CT molecular complexity index is 193. The fourth-order valence-electron chi connectivity index (χ4n) is 0.927. The number of hydrogen-bond acceptors (Lipinski definition) is 0. The molecule has 0 heteroatoms. The van der Waals surface area contributed by atoms with Gasteiger partial charge in [0.05, 0.1) is 0 Å². The van der Waals surface area contributed by atoms with Crippen molar-refractivity contribution in [3.63, 3.8) is 0 Å². The summed E-state index contributed by atoms with van der Waals surface area (Å²) < 4.78 is 0. The van der Waals surface area contributed by atoms with Gasteiger partial charge in [0, 0.05) is 0 Å². The van der Waals surface area contributed by atoms with Crippen LogP contribution in [0.1, 0.15) is 27.7 Å². The highest BCUT2D eigenvalue weighted by Crippen LogP contribution is 1.98. The van der Waals surface area contributed by atoms with Crippen molar-refractivity contribution in [2.24, 2.45) is 0 Å². The molecular formula is C14H22. The van der Waals surface area contributed by atoms with Gasteiger partial charge in [0.1, 0.15) is 0 Å². The standard InChI is InChI=1S/C6H8.C6H6.2CH4/c2*1-2-4-6-5-3-1;;/h1-4H,5-6H2;1-6H;2*1H4. The highest BCUT2D eigenvalue weighted by Gasteiger charge is 1.77. The molecule has 1 aromatic carbocycles. The molecule has 2 rings (SSSR count). The molecule has 0 bridgehead atoms. The van der Waals surface area contributed by atoms with Gasteiger partial charge in [-0.2, -0.15) is 0 Å². The Morgan fingerprint density at radius 1 is 0.500 bits per heavy atom. The second-order valence-electron chi connectivity index (χ2n) is 2.59. The van der Waals surface area contributed by atoms with Gasteiger partial charge in [-0.25, -0.2) is 0 Å². The summed E-state index contributed by atoms with van der Waals surface area (Å²) >= 11 is 0. The average Bonchev–Trinajstić information content (AvgIpc) is 2.24. The third-order valence-electron chi connectivity index (χ3n) is 1.55. The molecule has 0 spiro atoms. The van der Waals surface area contributed by atoms with Crippen molar-refractivity contribution in [3.8, 4) is 0 Å². The van der Waals surface area contributed by atoms with Crippen molar-refractivity contribution in [3.05, 3.63) is 60.7 Å². The van der Waals surface area contributed by atoms with E-state index in [0.29, 0.717) is 0 Å². The monoisotopic (exact) mass is 190 g/mol. The molecule has 0 aromatic heterocycles. The molecule has 1 aliphatic rings. The molecule has 0 unspecified atom stereocenters. The van der Waals surface area contributed by atoms with E-state index in [1.165, 1.54) is 12.8 Å². The molecule has 78 valence electrons. The Kier molecular flexibility index (Phi) is 12.7. The number of hydrogen-bond donors (Lipinski definition) is 0. The zero-order chi connectivity index (χ0) is 8.49. The van der Waals surface area contributed by atoms with Crippen molar-refractivity contribution in [1.29, 1.82) is 0 Å². The normalized spacial score (nSPS) is 11.4. The van der Waals surface area contributed by atoms with Crippen LogP contribution >= 0.6 is 0 Å². The molecule has 14 heavy (non-hydrogen) atoms. The Morgan fingerprint density at radius 3 is 0.929 bits per heavy atom. The summed E-state index contributed by atoms with van der Waals surface area (Å²) in [6, 6.07) is 12.0. The summed E-state index contributed by atoms with van der Waals surface area (Å²) in [7, 11) is 0. The minimum Gasteiger partial charge on any atom is -0.0842 e. The zero-order valence-corrected chi connectivity index (χ0v) is 7.19. The second kappa shape index (κ2) is 11.7. The van der Waals surface area contributed by atoms with Gasteiger partial charge in [-0.1, -0.05) is 75.6 Å². The van der Waals surface area contributed by atoms with Gasteiger partial charge < -0.3 is 0 Å². The molecule has 0 fully saturated rings. The van der Waals surface area contributed by atoms with E-state index in [9.17, 15) is 0 Å². The molecule has 1 aromatic rings. The fourth-order valence-corrected chi connectivity index (χ4v) is 0.927. The van der Waals surface area contributed by atoms with E-state index >= 15 is 0 Å². The van der Waals surface area contributed by atoms with E-state index < -0.39 is 0 Å². The first-order chi connectivity index (χ1) is 6.00. The SMILES string of the molecule is C.C.C1=CCCC=C1.c1ccccc1. The first-order valence-corrected chi connectivity index (χ1v) is 4.32. The minimum atomic E-state index is 0. The summed E-state index contributed by atoms with van der Waals surface area (Å²) in [5.74, 6) is 0. The van der Waals surface area contributed by atoms with Crippen molar-refractivity contribution >= 4 is 0 Å². The lowest BCUT2D eigenvalue weighted by Gasteiger charge is -1.88. The van der Waals surface area contributed by atoms with Gasteiger partial charge in [-0.05, 0) is 12.8 Å². The molecule has 0 saturated heterocycles. The van der Waals surface area contributed by atoms with Gasteiger partial charge in [-0.3, -0.25) is 0 Å². The van der Waals surface area contributed by atoms with Crippen LogP contribution in [-0.2, 0) is 0 Å². The lowest BCUT2D eigenvalue weighted by atomic mass is 10.2. The van der Waals surface area contributed by atoms with E-state index in [1.807, 2.05) is 36.4 Å². The van der Waals surface area contributed by atoms with Crippen LogP contribution in [0.25, 0.3) is 0 Å².